The number of hydrogen-bond acceptors (Lipinski definition) is 11. The van der Waals surface area contributed by atoms with Crippen molar-refractivity contribution in [3.8, 4) is 0 Å². The van der Waals surface area contributed by atoms with Crippen LogP contribution < -0.4 is 5.73 Å². The molecule has 23 heavy (non-hydrogen) atoms. The van der Waals surface area contributed by atoms with E-state index in [9.17, 15) is 19.8 Å². The molecular weight excluding hydrogens is 333 g/mol. The zero-order chi connectivity index (χ0) is 16.4. The number of anilines is 1. The molecule has 4 rings (SSSR count). The number of nitrogen functional groups attached to an aromatic ring is 1. The van der Waals surface area contributed by atoms with Crippen molar-refractivity contribution in [2.24, 2.45) is 0 Å². The molecule has 0 spiro atoms. The van der Waals surface area contributed by atoms with Crippen molar-refractivity contribution in [2.75, 3.05) is 12.3 Å². The van der Waals surface area contributed by atoms with Crippen molar-refractivity contribution >= 4 is 24.7 Å². The van der Waals surface area contributed by atoms with Gasteiger partial charge in [-0.25, -0.2) is 0 Å². The number of hydrogen-bond donors (Lipinski definition) is 5. The van der Waals surface area contributed by atoms with Gasteiger partial charge in [-0.1, -0.05) is 0 Å². The zero-order valence-electron chi connectivity index (χ0n) is 11.5. The van der Waals surface area contributed by atoms with Crippen LogP contribution >= 0.6 is 7.74 Å². The fraction of sp³-hybridized carbons (Fsp3) is 0.500. The van der Waals surface area contributed by atoms with E-state index in [4.69, 9.17) is 19.5 Å². The Morgan fingerprint density at radius 2 is 1.91 bits per heavy atom. The molecule has 126 valence electrons. The number of ether oxygens (including phenoxy) is 1. The normalized spacial score (nSPS) is 36.6. The molecule has 0 unspecified atom stereocenters. The van der Waals surface area contributed by atoms with Gasteiger partial charge in [-0.15, -0.1) is 0 Å². The van der Waals surface area contributed by atoms with E-state index in [1.165, 1.54) is 17.2 Å². The molecule has 6 N–H and O–H groups in total. The summed E-state index contributed by atoms with van der Waals surface area (Å²) in [6, 6.07) is 0. The van der Waals surface area contributed by atoms with Crippen molar-refractivity contribution in [3.63, 3.8) is 0 Å². The molecule has 2 aliphatic rings. The molecule has 2 saturated heterocycles. The van der Waals surface area contributed by atoms with E-state index in [-0.39, 0.29) is 5.82 Å². The topological polar surface area (TPSA) is 178 Å². The van der Waals surface area contributed by atoms with Crippen LogP contribution in [0.1, 0.15) is 6.23 Å². The van der Waals surface area contributed by atoms with Gasteiger partial charge < -0.3 is 0 Å². The molecular formula is C10H14N5O7P. The maximum absolute atomic E-state index is 9.64. The first-order valence-corrected chi connectivity index (χ1v) is 8.54. The van der Waals surface area contributed by atoms with Crippen LogP contribution in [-0.2, 0) is 13.8 Å². The zero-order valence-corrected chi connectivity index (χ0v) is 12.4. The van der Waals surface area contributed by atoms with E-state index in [0.717, 1.165) is 0 Å². The molecule has 2 aromatic rings. The van der Waals surface area contributed by atoms with Gasteiger partial charge in [0.15, 0.2) is 0 Å². The van der Waals surface area contributed by atoms with Gasteiger partial charge in [-0.3, -0.25) is 0 Å². The third kappa shape index (κ3) is 2.28. The molecule has 2 fully saturated rings. The first-order valence-electron chi connectivity index (χ1n) is 6.61. The van der Waals surface area contributed by atoms with Crippen LogP contribution in [0, 0.1) is 0 Å². The van der Waals surface area contributed by atoms with Gasteiger partial charge in [0.25, 0.3) is 0 Å². The van der Waals surface area contributed by atoms with Crippen LogP contribution in [0.3, 0.4) is 0 Å². The van der Waals surface area contributed by atoms with Gasteiger partial charge in [0, 0.05) is 0 Å². The number of nitrogens with zero attached hydrogens (tertiary/aromatic N) is 4. The second-order valence-electron chi connectivity index (χ2n) is 5.30. The Labute approximate surface area is 128 Å². The Hall–Kier alpha value is -1.50. The van der Waals surface area contributed by atoms with Gasteiger partial charge in [0.2, 0.25) is 0 Å². The fourth-order valence-electron chi connectivity index (χ4n) is 2.83. The van der Waals surface area contributed by atoms with Gasteiger partial charge in [-0.05, 0) is 0 Å². The van der Waals surface area contributed by atoms with Crippen LogP contribution in [0.2, 0.25) is 0 Å². The Morgan fingerprint density at radius 3 is 2.65 bits per heavy atom. The van der Waals surface area contributed by atoms with Gasteiger partial charge in [-0.2, -0.15) is 0 Å². The average Bonchev–Trinajstić information content (AvgIpc) is 3.08. The Bertz CT molecular complexity index is 776. The summed E-state index contributed by atoms with van der Waals surface area (Å²) in [5, 5.41) is 9.38. The molecule has 0 aromatic carbocycles. The van der Waals surface area contributed by atoms with Crippen molar-refractivity contribution in [1.29, 1.82) is 0 Å². The molecule has 13 heteroatoms. The number of imidazole rings is 1. The summed E-state index contributed by atoms with van der Waals surface area (Å²) in [4.78, 5) is 40.9. The number of aromatic nitrogens is 4. The summed E-state index contributed by atoms with van der Waals surface area (Å²) < 4.78 is 16.8. The quantitative estimate of drug-likeness (QED) is 0.386. The number of nitrogens with two attached hydrogens (primary N) is 1. The molecule has 0 bridgehead atoms. The monoisotopic (exact) mass is 347 g/mol. The molecule has 4 heterocycles. The van der Waals surface area contributed by atoms with Gasteiger partial charge >= 0.3 is 127 Å². The summed E-state index contributed by atoms with van der Waals surface area (Å²) in [5.41, 5.74) is 6.37. The van der Waals surface area contributed by atoms with Crippen LogP contribution in [-0.4, -0.2) is 64.2 Å². The SMILES string of the molecule is Nc1ncnc2c1ncn2[C@@H]1O[C@H](CO)[C@H]2OP(O)(O)(O)O[C@H]21. The summed E-state index contributed by atoms with van der Waals surface area (Å²) in [6.07, 6.45) is -1.45. The van der Waals surface area contributed by atoms with E-state index < -0.39 is 38.9 Å². The molecule has 4 atom stereocenters. The summed E-state index contributed by atoms with van der Waals surface area (Å²) >= 11 is 0. The Morgan fingerprint density at radius 1 is 1.17 bits per heavy atom. The van der Waals surface area contributed by atoms with Gasteiger partial charge in [0.1, 0.15) is 0 Å². The minimum absolute atomic E-state index is 0.164. The van der Waals surface area contributed by atoms with E-state index in [0.29, 0.717) is 11.2 Å². The van der Waals surface area contributed by atoms with Crippen LogP contribution in [0.4, 0.5) is 5.82 Å². The van der Waals surface area contributed by atoms with Crippen LogP contribution in [0.5, 0.6) is 0 Å². The Balaban J connectivity index is 1.78. The molecule has 0 aliphatic carbocycles. The second kappa shape index (κ2) is 4.53. The number of fused-ring (bicyclic) bond motifs is 2. The maximum atomic E-state index is 9.64. The summed E-state index contributed by atoms with van der Waals surface area (Å²) in [6.45, 7) is -0.475. The molecule has 0 saturated carbocycles. The number of rotatable bonds is 2. The molecule has 0 radical (unpaired) electrons. The van der Waals surface area contributed by atoms with E-state index >= 15 is 0 Å². The minimum atomic E-state index is -5.68. The second-order valence-corrected chi connectivity index (χ2v) is 7.39. The van der Waals surface area contributed by atoms with Crippen molar-refractivity contribution in [2.45, 2.75) is 24.5 Å². The van der Waals surface area contributed by atoms with E-state index in [2.05, 4.69) is 15.0 Å². The predicted octanol–water partition coefficient (Wildman–Crippen LogP) is -1.81. The molecule has 2 aliphatic heterocycles. The first kappa shape index (κ1) is 15.1. The molecule has 0 amide bonds. The third-order valence-electron chi connectivity index (χ3n) is 3.74. The summed E-state index contributed by atoms with van der Waals surface area (Å²) in [5.74, 6) is 0.164. The van der Waals surface area contributed by atoms with E-state index in [1.807, 2.05) is 0 Å². The first-order chi connectivity index (χ1) is 10.8. The molecule has 12 nitrogen and oxygen atoms in total. The molecule has 2 aromatic heterocycles. The third-order valence-corrected chi connectivity index (χ3v) is 4.96. The van der Waals surface area contributed by atoms with Crippen LogP contribution in [0.15, 0.2) is 12.7 Å². The predicted molar refractivity (Wildman–Crippen MR) is 74.1 cm³/mol. The van der Waals surface area contributed by atoms with Crippen molar-refractivity contribution in [1.82, 2.24) is 19.5 Å². The van der Waals surface area contributed by atoms with E-state index in [1.54, 1.807) is 0 Å². The Kier molecular flexibility index (Phi) is 2.96. The average molecular weight is 347 g/mol. The number of aliphatic hydroxyl groups is 1. The van der Waals surface area contributed by atoms with Crippen LogP contribution in [0.25, 0.3) is 11.2 Å². The number of aliphatic hydroxyl groups excluding tert-OH is 1. The van der Waals surface area contributed by atoms with Crippen molar-refractivity contribution in [3.05, 3.63) is 12.7 Å². The fourth-order valence-corrected chi connectivity index (χ4v) is 4.21. The van der Waals surface area contributed by atoms with Crippen molar-refractivity contribution < 1.29 is 33.6 Å². The standard InChI is InChI=1S/C10H14N5O7P/c11-8-5-9(13-2-12-8)15(3-14-5)10-7-6(4(1-16)20-10)21-23(17,18,19)22-7/h2-4,6-7,10,16-19H,1H2,(H2,11,12,13)/t4-,6-,7-,10-/m1/s1. The van der Waals surface area contributed by atoms with Gasteiger partial charge in [0.05, 0.1) is 0 Å². The summed E-state index contributed by atoms with van der Waals surface area (Å²) in [7, 11) is -5.68.